The molecule has 0 saturated heterocycles. The van der Waals surface area contributed by atoms with Crippen molar-refractivity contribution in [3.63, 3.8) is 0 Å². The molecule has 0 saturated carbocycles. The van der Waals surface area contributed by atoms with Crippen molar-refractivity contribution in [1.82, 2.24) is 4.98 Å². The molecule has 0 atom stereocenters. The quantitative estimate of drug-likeness (QED) is 0.778. The van der Waals surface area contributed by atoms with Crippen LogP contribution in [0.2, 0.25) is 0 Å². The van der Waals surface area contributed by atoms with Gasteiger partial charge in [0.05, 0.1) is 6.42 Å². The molecule has 0 bridgehead atoms. The van der Waals surface area contributed by atoms with Gasteiger partial charge in [0.2, 0.25) is 0 Å². The van der Waals surface area contributed by atoms with Crippen molar-refractivity contribution < 1.29 is 4.79 Å². The minimum Gasteiger partial charge on any atom is -0.294 e. The molecular weight excluding hydrogens is 234 g/mol. The second kappa shape index (κ2) is 5.79. The van der Waals surface area contributed by atoms with Gasteiger partial charge in [0.25, 0.3) is 0 Å². The molecule has 98 valence electrons. The van der Waals surface area contributed by atoms with Crippen LogP contribution in [-0.4, -0.2) is 10.8 Å². The molecule has 2 heteroatoms. The first kappa shape index (κ1) is 13.5. The Hall–Kier alpha value is -1.96. The second-order valence-electron chi connectivity index (χ2n) is 4.91. The highest BCUT2D eigenvalue weighted by Crippen LogP contribution is 2.12. The number of carbonyl (C=O) groups excluding carboxylic acids is 1. The number of ketones is 1. The van der Waals surface area contributed by atoms with Crippen molar-refractivity contribution in [1.29, 1.82) is 0 Å². The van der Waals surface area contributed by atoms with E-state index < -0.39 is 0 Å². The van der Waals surface area contributed by atoms with Crippen LogP contribution < -0.4 is 0 Å². The van der Waals surface area contributed by atoms with E-state index in [1.165, 1.54) is 11.1 Å². The van der Waals surface area contributed by atoms with Gasteiger partial charge in [-0.3, -0.25) is 9.78 Å². The first-order valence-corrected chi connectivity index (χ1v) is 6.64. The second-order valence-corrected chi connectivity index (χ2v) is 4.91. The van der Waals surface area contributed by atoms with E-state index >= 15 is 0 Å². The number of aromatic nitrogens is 1. The van der Waals surface area contributed by atoms with E-state index in [1.807, 2.05) is 43.5 Å². The van der Waals surface area contributed by atoms with Gasteiger partial charge < -0.3 is 0 Å². The van der Waals surface area contributed by atoms with Crippen LogP contribution in [0.5, 0.6) is 0 Å². The fraction of sp³-hybridized carbons (Fsp3) is 0.294. The number of aryl methyl sites for hydroxylation is 3. The lowest BCUT2D eigenvalue weighted by Gasteiger charge is -2.05. The predicted molar refractivity (Wildman–Crippen MR) is 77.6 cm³/mol. The van der Waals surface area contributed by atoms with Crippen molar-refractivity contribution in [3.05, 3.63) is 64.5 Å². The smallest absolute Gasteiger partial charge is 0.168 e. The minimum absolute atomic E-state index is 0.125. The summed E-state index contributed by atoms with van der Waals surface area (Å²) < 4.78 is 0. The summed E-state index contributed by atoms with van der Waals surface area (Å²) in [6.45, 7) is 6.17. The third-order valence-electron chi connectivity index (χ3n) is 3.46. The third-order valence-corrected chi connectivity index (χ3v) is 3.46. The maximum absolute atomic E-state index is 12.2. The van der Waals surface area contributed by atoms with Gasteiger partial charge in [-0.25, -0.2) is 0 Å². The lowest BCUT2D eigenvalue weighted by molar-refractivity contribution is 0.0992. The zero-order valence-corrected chi connectivity index (χ0v) is 11.7. The molecule has 0 N–H and O–H groups in total. The lowest BCUT2D eigenvalue weighted by Crippen LogP contribution is -2.05. The summed E-state index contributed by atoms with van der Waals surface area (Å²) in [6, 6.07) is 9.83. The van der Waals surface area contributed by atoms with Crippen molar-refractivity contribution in [2.45, 2.75) is 33.6 Å². The Balaban J connectivity index is 2.13. The highest BCUT2D eigenvalue weighted by molar-refractivity contribution is 5.97. The first-order chi connectivity index (χ1) is 9.10. The molecule has 2 rings (SSSR count). The van der Waals surface area contributed by atoms with E-state index in [0.717, 1.165) is 23.2 Å². The number of pyridine rings is 1. The van der Waals surface area contributed by atoms with Crippen LogP contribution in [0.1, 0.15) is 39.7 Å². The Morgan fingerprint density at radius 1 is 1.11 bits per heavy atom. The molecule has 1 aromatic heterocycles. The summed E-state index contributed by atoms with van der Waals surface area (Å²) in [4.78, 5) is 16.5. The molecule has 1 aromatic carbocycles. The zero-order valence-electron chi connectivity index (χ0n) is 11.7. The molecule has 19 heavy (non-hydrogen) atoms. The molecule has 0 aliphatic rings. The van der Waals surface area contributed by atoms with Crippen LogP contribution >= 0.6 is 0 Å². The van der Waals surface area contributed by atoms with Crippen LogP contribution in [0.15, 0.2) is 36.5 Å². The van der Waals surface area contributed by atoms with Crippen molar-refractivity contribution in [2.75, 3.05) is 0 Å². The summed E-state index contributed by atoms with van der Waals surface area (Å²) in [5, 5.41) is 0. The lowest BCUT2D eigenvalue weighted by atomic mass is 10.0. The van der Waals surface area contributed by atoms with Gasteiger partial charge >= 0.3 is 0 Å². The maximum Gasteiger partial charge on any atom is 0.168 e. The number of Topliss-reactive ketones (excluding diaryl/α,β-unsaturated/α-hetero) is 1. The summed E-state index contributed by atoms with van der Waals surface area (Å²) in [7, 11) is 0. The Morgan fingerprint density at radius 3 is 2.47 bits per heavy atom. The SMILES string of the molecule is CCc1ccc(CC(=O)c2ccc(C)c(C)c2)nc1. The summed E-state index contributed by atoms with van der Waals surface area (Å²) >= 11 is 0. The molecule has 0 amide bonds. The molecule has 2 nitrogen and oxygen atoms in total. The van der Waals surface area contributed by atoms with Gasteiger partial charge in [-0.05, 0) is 49.1 Å². The topological polar surface area (TPSA) is 30.0 Å². The van der Waals surface area contributed by atoms with Gasteiger partial charge in [-0.15, -0.1) is 0 Å². The van der Waals surface area contributed by atoms with Crippen LogP contribution in [0.25, 0.3) is 0 Å². The van der Waals surface area contributed by atoms with Gasteiger partial charge in [-0.2, -0.15) is 0 Å². The van der Waals surface area contributed by atoms with Gasteiger partial charge in [-0.1, -0.05) is 25.1 Å². The van der Waals surface area contributed by atoms with Crippen molar-refractivity contribution >= 4 is 5.78 Å². The minimum atomic E-state index is 0.125. The summed E-state index contributed by atoms with van der Waals surface area (Å²) in [6.07, 6.45) is 3.19. The highest BCUT2D eigenvalue weighted by Gasteiger charge is 2.08. The molecule has 1 heterocycles. The standard InChI is InChI=1S/C17H19NO/c1-4-14-6-8-16(18-11-14)10-17(19)15-7-5-12(2)13(3)9-15/h5-9,11H,4,10H2,1-3H3. The van der Waals surface area contributed by atoms with E-state index in [1.54, 1.807) is 0 Å². The van der Waals surface area contributed by atoms with E-state index in [4.69, 9.17) is 0 Å². The van der Waals surface area contributed by atoms with Crippen LogP contribution in [0.4, 0.5) is 0 Å². The van der Waals surface area contributed by atoms with E-state index in [9.17, 15) is 4.79 Å². The zero-order chi connectivity index (χ0) is 13.8. The molecule has 0 fully saturated rings. The molecule has 0 unspecified atom stereocenters. The van der Waals surface area contributed by atoms with Gasteiger partial charge in [0, 0.05) is 17.5 Å². The Labute approximate surface area is 114 Å². The molecular formula is C17H19NO. The maximum atomic E-state index is 12.2. The molecule has 0 aliphatic heterocycles. The normalized spacial score (nSPS) is 10.5. The van der Waals surface area contributed by atoms with Crippen molar-refractivity contribution in [2.24, 2.45) is 0 Å². The highest BCUT2D eigenvalue weighted by atomic mass is 16.1. The third kappa shape index (κ3) is 3.28. The average molecular weight is 253 g/mol. The number of hydrogen-bond acceptors (Lipinski definition) is 2. The first-order valence-electron chi connectivity index (χ1n) is 6.64. The van der Waals surface area contributed by atoms with Gasteiger partial charge in [0.1, 0.15) is 0 Å². The average Bonchev–Trinajstić information content (AvgIpc) is 2.42. The number of hydrogen-bond donors (Lipinski definition) is 0. The molecule has 0 aliphatic carbocycles. The van der Waals surface area contributed by atoms with E-state index in [2.05, 4.69) is 18.8 Å². The van der Waals surface area contributed by atoms with E-state index in [-0.39, 0.29) is 5.78 Å². The number of nitrogens with zero attached hydrogens (tertiary/aromatic N) is 1. The molecule has 0 radical (unpaired) electrons. The molecule has 2 aromatic rings. The van der Waals surface area contributed by atoms with Gasteiger partial charge in [0.15, 0.2) is 5.78 Å². The number of benzene rings is 1. The number of rotatable bonds is 4. The van der Waals surface area contributed by atoms with E-state index in [0.29, 0.717) is 6.42 Å². The van der Waals surface area contributed by atoms with Crippen LogP contribution in [0.3, 0.4) is 0 Å². The number of carbonyl (C=O) groups is 1. The summed E-state index contributed by atoms with van der Waals surface area (Å²) in [5.41, 5.74) is 5.16. The Kier molecular flexibility index (Phi) is 4.10. The monoisotopic (exact) mass is 253 g/mol. The Morgan fingerprint density at radius 2 is 1.89 bits per heavy atom. The largest absolute Gasteiger partial charge is 0.294 e. The fourth-order valence-electron chi connectivity index (χ4n) is 1.95. The van der Waals surface area contributed by atoms with Crippen LogP contribution in [0, 0.1) is 13.8 Å². The predicted octanol–water partition coefficient (Wildman–Crippen LogP) is 3.69. The summed E-state index contributed by atoms with van der Waals surface area (Å²) in [5.74, 6) is 0.125. The van der Waals surface area contributed by atoms with Crippen LogP contribution in [-0.2, 0) is 12.8 Å². The fourth-order valence-corrected chi connectivity index (χ4v) is 1.95. The Bertz CT molecular complexity index is 585. The molecule has 0 spiro atoms. The van der Waals surface area contributed by atoms with Crippen molar-refractivity contribution in [3.8, 4) is 0 Å².